The average molecular weight is 234 g/mol. The van der Waals surface area contributed by atoms with E-state index in [4.69, 9.17) is 5.73 Å². The largest absolute Gasteiger partial charge is 0.461 e. The SMILES string of the molecule is CCOC(=O)c1nc(N)c(F)cc1C(F)F. The number of anilines is 1. The molecule has 1 aromatic heterocycles. The maximum atomic E-state index is 12.9. The molecule has 1 aromatic rings. The Morgan fingerprint density at radius 1 is 1.62 bits per heavy atom. The van der Waals surface area contributed by atoms with E-state index in [1.165, 1.54) is 6.92 Å². The van der Waals surface area contributed by atoms with E-state index < -0.39 is 35.3 Å². The van der Waals surface area contributed by atoms with Crippen LogP contribution in [0.2, 0.25) is 0 Å². The van der Waals surface area contributed by atoms with Gasteiger partial charge in [0.2, 0.25) is 0 Å². The number of nitrogens with zero attached hydrogens (tertiary/aromatic N) is 1. The number of carbonyl (C=O) groups excluding carboxylic acids is 1. The van der Waals surface area contributed by atoms with Crippen molar-refractivity contribution in [2.75, 3.05) is 12.3 Å². The highest BCUT2D eigenvalue weighted by Gasteiger charge is 2.23. The van der Waals surface area contributed by atoms with E-state index in [9.17, 15) is 18.0 Å². The molecule has 7 heteroatoms. The molecule has 0 bridgehead atoms. The third-order valence-electron chi connectivity index (χ3n) is 1.74. The number of hydrogen-bond acceptors (Lipinski definition) is 4. The topological polar surface area (TPSA) is 65.2 Å². The van der Waals surface area contributed by atoms with Gasteiger partial charge in [0.25, 0.3) is 6.43 Å². The molecule has 0 unspecified atom stereocenters. The molecular formula is C9H9F3N2O2. The zero-order valence-corrected chi connectivity index (χ0v) is 8.34. The van der Waals surface area contributed by atoms with Gasteiger partial charge in [0.15, 0.2) is 17.3 Å². The minimum Gasteiger partial charge on any atom is -0.461 e. The van der Waals surface area contributed by atoms with Crippen LogP contribution in [0.1, 0.15) is 29.4 Å². The first-order chi connectivity index (χ1) is 7.47. The minimum absolute atomic E-state index is 0.000469. The number of halogens is 3. The van der Waals surface area contributed by atoms with Crippen LogP contribution < -0.4 is 5.73 Å². The average Bonchev–Trinajstić information content (AvgIpc) is 2.21. The van der Waals surface area contributed by atoms with Crippen LogP contribution in [0.4, 0.5) is 19.0 Å². The molecule has 4 nitrogen and oxygen atoms in total. The zero-order chi connectivity index (χ0) is 12.3. The maximum absolute atomic E-state index is 12.9. The van der Waals surface area contributed by atoms with Crippen molar-refractivity contribution in [3.8, 4) is 0 Å². The summed E-state index contributed by atoms with van der Waals surface area (Å²) < 4.78 is 42.4. The van der Waals surface area contributed by atoms with Crippen molar-refractivity contribution in [1.82, 2.24) is 4.98 Å². The van der Waals surface area contributed by atoms with Crippen LogP contribution in [0.15, 0.2) is 6.07 Å². The van der Waals surface area contributed by atoms with E-state index in [0.29, 0.717) is 6.07 Å². The van der Waals surface area contributed by atoms with Crippen LogP contribution in [-0.2, 0) is 4.74 Å². The molecule has 2 N–H and O–H groups in total. The first kappa shape index (κ1) is 12.3. The van der Waals surface area contributed by atoms with Gasteiger partial charge < -0.3 is 10.5 Å². The van der Waals surface area contributed by atoms with Crippen LogP contribution in [0.3, 0.4) is 0 Å². The van der Waals surface area contributed by atoms with Gasteiger partial charge in [-0.1, -0.05) is 0 Å². The van der Waals surface area contributed by atoms with Gasteiger partial charge in [0.1, 0.15) is 0 Å². The Kier molecular flexibility index (Phi) is 3.70. The predicted octanol–water partition coefficient (Wildman–Crippen LogP) is 1.92. The quantitative estimate of drug-likeness (QED) is 0.811. The molecule has 0 amide bonds. The van der Waals surface area contributed by atoms with E-state index in [0.717, 1.165) is 0 Å². The molecule has 0 saturated carbocycles. The summed E-state index contributed by atoms with van der Waals surface area (Å²) in [6.07, 6.45) is -3.03. The number of esters is 1. The lowest BCUT2D eigenvalue weighted by Crippen LogP contribution is -2.13. The molecule has 0 aliphatic rings. The molecule has 0 saturated heterocycles. The number of ether oxygens (including phenoxy) is 1. The number of aromatic nitrogens is 1. The van der Waals surface area contributed by atoms with Crippen LogP contribution in [0, 0.1) is 5.82 Å². The zero-order valence-electron chi connectivity index (χ0n) is 8.34. The molecule has 0 aliphatic heterocycles. The lowest BCUT2D eigenvalue weighted by atomic mass is 10.2. The van der Waals surface area contributed by atoms with Gasteiger partial charge in [-0.3, -0.25) is 0 Å². The van der Waals surface area contributed by atoms with E-state index in [1.54, 1.807) is 0 Å². The number of hydrogen-bond donors (Lipinski definition) is 1. The lowest BCUT2D eigenvalue weighted by molar-refractivity contribution is 0.0507. The fourth-order valence-electron chi connectivity index (χ4n) is 1.05. The first-order valence-electron chi connectivity index (χ1n) is 4.38. The predicted molar refractivity (Wildman–Crippen MR) is 49.5 cm³/mol. The molecule has 1 heterocycles. The summed E-state index contributed by atoms with van der Waals surface area (Å²) in [5.74, 6) is -2.76. The van der Waals surface area contributed by atoms with Gasteiger partial charge in [-0.2, -0.15) is 0 Å². The molecule has 1 rings (SSSR count). The Balaban J connectivity index is 3.24. The molecule has 0 fully saturated rings. The summed E-state index contributed by atoms with van der Waals surface area (Å²) >= 11 is 0. The molecule has 0 aliphatic carbocycles. The van der Waals surface area contributed by atoms with E-state index >= 15 is 0 Å². The van der Waals surface area contributed by atoms with Gasteiger partial charge in [0, 0.05) is 0 Å². The molecule has 16 heavy (non-hydrogen) atoms. The molecule has 0 atom stereocenters. The van der Waals surface area contributed by atoms with E-state index in [-0.39, 0.29) is 6.61 Å². The van der Waals surface area contributed by atoms with Crippen molar-refractivity contribution in [3.05, 3.63) is 23.1 Å². The minimum atomic E-state index is -3.03. The van der Waals surface area contributed by atoms with Crippen molar-refractivity contribution in [2.45, 2.75) is 13.3 Å². The first-order valence-corrected chi connectivity index (χ1v) is 4.38. The van der Waals surface area contributed by atoms with E-state index in [2.05, 4.69) is 9.72 Å². The summed E-state index contributed by atoms with van der Waals surface area (Å²) in [4.78, 5) is 14.5. The van der Waals surface area contributed by atoms with Crippen molar-refractivity contribution in [3.63, 3.8) is 0 Å². The van der Waals surface area contributed by atoms with Crippen LogP contribution >= 0.6 is 0 Å². The van der Waals surface area contributed by atoms with Crippen LogP contribution in [0.5, 0.6) is 0 Å². The monoisotopic (exact) mass is 234 g/mol. The summed E-state index contributed by atoms with van der Waals surface area (Å²) in [5.41, 5.74) is 3.60. The lowest BCUT2D eigenvalue weighted by Gasteiger charge is -2.08. The van der Waals surface area contributed by atoms with Gasteiger partial charge in [-0.05, 0) is 13.0 Å². The third-order valence-corrected chi connectivity index (χ3v) is 1.74. The molecular weight excluding hydrogens is 225 g/mol. The third kappa shape index (κ3) is 2.41. The Hall–Kier alpha value is -1.79. The Bertz CT molecular complexity index is 410. The van der Waals surface area contributed by atoms with Crippen molar-refractivity contribution in [1.29, 1.82) is 0 Å². The summed E-state index contributed by atoms with van der Waals surface area (Å²) in [7, 11) is 0. The second-order valence-electron chi connectivity index (χ2n) is 2.81. The van der Waals surface area contributed by atoms with Crippen LogP contribution in [-0.4, -0.2) is 17.6 Å². The second kappa shape index (κ2) is 4.82. The number of rotatable bonds is 3. The van der Waals surface area contributed by atoms with E-state index in [1.807, 2.05) is 0 Å². The highest BCUT2D eigenvalue weighted by atomic mass is 19.3. The van der Waals surface area contributed by atoms with Crippen molar-refractivity contribution >= 4 is 11.8 Å². The summed E-state index contributed by atoms with van der Waals surface area (Å²) in [6, 6.07) is 0.485. The molecule has 0 radical (unpaired) electrons. The fraction of sp³-hybridized carbons (Fsp3) is 0.333. The standard InChI is InChI=1S/C9H9F3N2O2/c1-2-16-9(15)6-4(7(11)12)3-5(10)8(13)14-6/h3,7H,2H2,1H3,(H2,13,14). The number of nitrogen functional groups attached to an aromatic ring is 1. The van der Waals surface area contributed by atoms with Gasteiger partial charge >= 0.3 is 5.97 Å². The Labute approximate surface area is 89.2 Å². The number of alkyl halides is 2. The summed E-state index contributed by atoms with van der Waals surface area (Å²) in [5, 5.41) is 0. The molecule has 0 spiro atoms. The van der Waals surface area contributed by atoms with Crippen LogP contribution in [0.25, 0.3) is 0 Å². The number of pyridine rings is 1. The summed E-state index contributed by atoms with van der Waals surface area (Å²) in [6.45, 7) is 1.51. The normalized spacial score (nSPS) is 10.6. The van der Waals surface area contributed by atoms with Gasteiger partial charge in [0.05, 0.1) is 12.2 Å². The maximum Gasteiger partial charge on any atom is 0.357 e. The smallest absolute Gasteiger partial charge is 0.357 e. The van der Waals surface area contributed by atoms with Crippen molar-refractivity contribution in [2.24, 2.45) is 0 Å². The number of nitrogens with two attached hydrogens (primary N) is 1. The van der Waals surface area contributed by atoms with Gasteiger partial charge in [-0.25, -0.2) is 22.9 Å². The molecule has 88 valence electrons. The Morgan fingerprint density at radius 2 is 2.25 bits per heavy atom. The highest BCUT2D eigenvalue weighted by molar-refractivity contribution is 5.89. The second-order valence-corrected chi connectivity index (χ2v) is 2.81. The van der Waals surface area contributed by atoms with Gasteiger partial charge in [-0.15, -0.1) is 0 Å². The highest BCUT2D eigenvalue weighted by Crippen LogP contribution is 2.25. The van der Waals surface area contributed by atoms with Crippen molar-refractivity contribution < 1.29 is 22.7 Å². The Morgan fingerprint density at radius 3 is 2.75 bits per heavy atom. The number of carbonyl (C=O) groups is 1. The fourth-order valence-corrected chi connectivity index (χ4v) is 1.05. The molecule has 0 aromatic carbocycles.